The van der Waals surface area contributed by atoms with Crippen LogP contribution in [-0.4, -0.2) is 22.2 Å². The highest BCUT2D eigenvalue weighted by molar-refractivity contribution is 7.18. The first-order valence-corrected chi connectivity index (χ1v) is 9.80. The lowest BCUT2D eigenvalue weighted by Gasteiger charge is -2.18. The first-order chi connectivity index (χ1) is 13.0. The molecule has 27 heavy (non-hydrogen) atoms. The van der Waals surface area contributed by atoms with Crippen LogP contribution in [0.1, 0.15) is 24.5 Å². The van der Waals surface area contributed by atoms with E-state index in [0.29, 0.717) is 27.3 Å². The van der Waals surface area contributed by atoms with E-state index in [1.807, 2.05) is 51.1 Å². The third-order valence-electron chi connectivity index (χ3n) is 4.01. The molecular formula is C20H20ClN3O2S. The van der Waals surface area contributed by atoms with Gasteiger partial charge in [0.15, 0.2) is 6.10 Å². The molecule has 1 amide bonds. The molecule has 0 fully saturated rings. The van der Waals surface area contributed by atoms with E-state index >= 15 is 0 Å². The van der Waals surface area contributed by atoms with E-state index in [9.17, 15) is 4.79 Å². The van der Waals surface area contributed by atoms with Crippen molar-refractivity contribution >= 4 is 34.0 Å². The Hall–Kier alpha value is -2.44. The van der Waals surface area contributed by atoms with Gasteiger partial charge < -0.3 is 4.74 Å². The molecule has 0 aliphatic rings. The number of aromatic nitrogens is 2. The van der Waals surface area contributed by atoms with Crippen LogP contribution in [0.5, 0.6) is 5.75 Å². The molecule has 3 aromatic rings. The van der Waals surface area contributed by atoms with E-state index in [0.717, 1.165) is 16.7 Å². The molecule has 0 spiro atoms. The zero-order chi connectivity index (χ0) is 19.4. The number of hydrogen-bond donors (Lipinski definition) is 1. The van der Waals surface area contributed by atoms with Gasteiger partial charge in [0.25, 0.3) is 5.91 Å². The Morgan fingerprint density at radius 2 is 1.93 bits per heavy atom. The molecule has 1 aromatic heterocycles. The number of carbonyl (C=O) groups is 1. The van der Waals surface area contributed by atoms with E-state index in [-0.39, 0.29) is 5.91 Å². The summed E-state index contributed by atoms with van der Waals surface area (Å²) in [4.78, 5) is 12.6. The minimum atomic E-state index is -0.603. The van der Waals surface area contributed by atoms with E-state index in [2.05, 4.69) is 15.5 Å². The van der Waals surface area contributed by atoms with Crippen molar-refractivity contribution < 1.29 is 9.53 Å². The molecule has 0 radical (unpaired) electrons. The molecular weight excluding hydrogens is 382 g/mol. The fourth-order valence-corrected chi connectivity index (χ4v) is 3.45. The summed E-state index contributed by atoms with van der Waals surface area (Å²) in [5, 5.41) is 12.8. The van der Waals surface area contributed by atoms with Crippen molar-refractivity contribution in [3.8, 4) is 16.3 Å². The molecule has 2 aromatic carbocycles. The van der Waals surface area contributed by atoms with Crippen molar-refractivity contribution in [2.24, 2.45) is 0 Å². The molecule has 0 unspecified atom stereocenters. The number of nitrogens with zero attached hydrogens (tertiary/aromatic N) is 2. The number of carbonyl (C=O) groups excluding carboxylic acids is 1. The number of nitrogens with one attached hydrogen (secondary N) is 1. The molecule has 0 saturated heterocycles. The van der Waals surface area contributed by atoms with E-state index in [4.69, 9.17) is 16.3 Å². The van der Waals surface area contributed by atoms with Crippen LogP contribution in [0.25, 0.3) is 10.6 Å². The smallest absolute Gasteiger partial charge is 0.267 e. The standard InChI is InChI=1S/C20H20ClN3O2S/c1-4-16(26-17-10-5-12(2)11-13(17)3)18(25)22-20-24-23-19(27-20)14-6-8-15(21)9-7-14/h5-11,16H,4H2,1-3H3,(H,22,24,25)/t16-/m1/s1. The highest BCUT2D eigenvalue weighted by atomic mass is 35.5. The maximum absolute atomic E-state index is 12.6. The van der Waals surface area contributed by atoms with E-state index in [1.165, 1.54) is 11.3 Å². The number of anilines is 1. The third kappa shape index (κ3) is 4.84. The predicted molar refractivity (Wildman–Crippen MR) is 110 cm³/mol. The van der Waals surface area contributed by atoms with Gasteiger partial charge in [-0.05, 0) is 44.0 Å². The van der Waals surface area contributed by atoms with Crippen molar-refractivity contribution in [2.45, 2.75) is 33.3 Å². The van der Waals surface area contributed by atoms with Crippen molar-refractivity contribution in [3.05, 3.63) is 58.6 Å². The van der Waals surface area contributed by atoms with Gasteiger partial charge in [0, 0.05) is 10.6 Å². The highest BCUT2D eigenvalue weighted by Gasteiger charge is 2.21. The summed E-state index contributed by atoms with van der Waals surface area (Å²) in [5.41, 5.74) is 3.05. The minimum Gasteiger partial charge on any atom is -0.480 e. The van der Waals surface area contributed by atoms with Crippen LogP contribution < -0.4 is 10.1 Å². The van der Waals surface area contributed by atoms with E-state index < -0.39 is 6.10 Å². The van der Waals surface area contributed by atoms with Gasteiger partial charge in [-0.3, -0.25) is 10.1 Å². The molecule has 0 saturated carbocycles. The van der Waals surface area contributed by atoms with Crippen LogP contribution in [-0.2, 0) is 4.79 Å². The number of hydrogen-bond acceptors (Lipinski definition) is 5. The number of amides is 1. The van der Waals surface area contributed by atoms with Crippen molar-refractivity contribution in [1.29, 1.82) is 0 Å². The molecule has 1 heterocycles. The molecule has 1 N–H and O–H groups in total. The Morgan fingerprint density at radius 1 is 1.19 bits per heavy atom. The largest absolute Gasteiger partial charge is 0.480 e. The fraction of sp³-hybridized carbons (Fsp3) is 0.250. The predicted octanol–water partition coefficient (Wildman–Crippen LogP) is 5.27. The van der Waals surface area contributed by atoms with E-state index in [1.54, 1.807) is 12.1 Å². The Morgan fingerprint density at radius 3 is 2.59 bits per heavy atom. The SMILES string of the molecule is CC[C@@H](Oc1ccc(C)cc1C)C(=O)Nc1nnc(-c2ccc(Cl)cc2)s1. The maximum Gasteiger partial charge on any atom is 0.267 e. The average molecular weight is 402 g/mol. The summed E-state index contributed by atoms with van der Waals surface area (Å²) >= 11 is 7.21. The first-order valence-electron chi connectivity index (χ1n) is 8.60. The Labute approximate surface area is 167 Å². The summed E-state index contributed by atoms with van der Waals surface area (Å²) in [6.45, 7) is 5.90. The number of halogens is 1. The lowest BCUT2D eigenvalue weighted by atomic mass is 10.1. The minimum absolute atomic E-state index is 0.240. The van der Waals surface area contributed by atoms with Crippen molar-refractivity contribution in [2.75, 3.05) is 5.32 Å². The Balaban J connectivity index is 1.69. The number of benzene rings is 2. The second kappa shape index (κ2) is 8.50. The maximum atomic E-state index is 12.6. The number of ether oxygens (including phenoxy) is 1. The molecule has 140 valence electrons. The zero-order valence-corrected chi connectivity index (χ0v) is 16.9. The van der Waals surface area contributed by atoms with Crippen LogP contribution in [0.2, 0.25) is 5.02 Å². The van der Waals surface area contributed by atoms with Crippen LogP contribution in [0.15, 0.2) is 42.5 Å². The summed E-state index contributed by atoms with van der Waals surface area (Å²) in [7, 11) is 0. The molecule has 0 bridgehead atoms. The first kappa shape index (κ1) is 19.3. The molecule has 1 atom stereocenters. The molecule has 0 aliphatic carbocycles. The second-order valence-electron chi connectivity index (χ2n) is 6.19. The monoisotopic (exact) mass is 401 g/mol. The third-order valence-corrected chi connectivity index (χ3v) is 5.15. The molecule has 5 nitrogen and oxygen atoms in total. The topological polar surface area (TPSA) is 64.1 Å². The van der Waals surface area contributed by atoms with Gasteiger partial charge in [-0.15, -0.1) is 10.2 Å². The van der Waals surface area contributed by atoms with Crippen LogP contribution in [0.3, 0.4) is 0 Å². The van der Waals surface area contributed by atoms with Crippen molar-refractivity contribution in [1.82, 2.24) is 10.2 Å². The normalized spacial score (nSPS) is 11.9. The summed E-state index contributed by atoms with van der Waals surface area (Å²) in [6, 6.07) is 13.2. The van der Waals surface area contributed by atoms with Crippen molar-refractivity contribution in [3.63, 3.8) is 0 Å². The fourth-order valence-electron chi connectivity index (χ4n) is 2.58. The average Bonchev–Trinajstić information content (AvgIpc) is 3.10. The van der Waals surface area contributed by atoms with Gasteiger partial charge in [0.2, 0.25) is 5.13 Å². The molecule has 7 heteroatoms. The highest BCUT2D eigenvalue weighted by Crippen LogP contribution is 2.28. The van der Waals surface area contributed by atoms with Gasteiger partial charge in [-0.25, -0.2) is 0 Å². The van der Waals surface area contributed by atoms with Gasteiger partial charge in [-0.1, -0.05) is 59.7 Å². The number of aryl methyl sites for hydroxylation is 2. The summed E-state index contributed by atoms with van der Waals surface area (Å²) in [5.74, 6) is 0.470. The van der Waals surface area contributed by atoms with Crippen LogP contribution in [0, 0.1) is 13.8 Å². The molecule has 3 rings (SSSR count). The summed E-state index contributed by atoms with van der Waals surface area (Å²) in [6.07, 6.45) is -0.0589. The quantitative estimate of drug-likeness (QED) is 0.611. The van der Waals surface area contributed by atoms with Gasteiger partial charge in [0.1, 0.15) is 10.8 Å². The Kier molecular flexibility index (Phi) is 6.08. The van der Waals surface area contributed by atoms with Crippen LogP contribution in [0.4, 0.5) is 5.13 Å². The lowest BCUT2D eigenvalue weighted by Crippen LogP contribution is -2.32. The summed E-state index contributed by atoms with van der Waals surface area (Å²) < 4.78 is 5.92. The van der Waals surface area contributed by atoms with Gasteiger partial charge >= 0.3 is 0 Å². The molecule has 0 aliphatic heterocycles. The van der Waals surface area contributed by atoms with Crippen LogP contribution >= 0.6 is 22.9 Å². The van der Waals surface area contributed by atoms with Gasteiger partial charge in [-0.2, -0.15) is 0 Å². The number of rotatable bonds is 6. The lowest BCUT2D eigenvalue weighted by molar-refractivity contribution is -0.122. The Bertz CT molecular complexity index is 941. The van der Waals surface area contributed by atoms with Gasteiger partial charge in [0.05, 0.1) is 0 Å². The second-order valence-corrected chi connectivity index (χ2v) is 7.61. The zero-order valence-electron chi connectivity index (χ0n) is 15.3.